The van der Waals surface area contributed by atoms with Crippen molar-refractivity contribution >= 4 is 5.91 Å². The second-order valence-electron chi connectivity index (χ2n) is 2.73. The molecule has 1 aliphatic heterocycles. The van der Waals surface area contributed by atoms with E-state index in [4.69, 9.17) is 4.74 Å². The van der Waals surface area contributed by atoms with Gasteiger partial charge in [0.05, 0.1) is 6.61 Å². The SMILES string of the molecule is O=C(NC1CCO1)c1cccnn1. The predicted molar refractivity (Wildman–Crippen MR) is 43.9 cm³/mol. The molecule has 1 N–H and O–H groups in total. The summed E-state index contributed by atoms with van der Waals surface area (Å²) in [4.78, 5) is 11.4. The van der Waals surface area contributed by atoms with E-state index in [1.807, 2.05) is 0 Å². The molecule has 13 heavy (non-hydrogen) atoms. The van der Waals surface area contributed by atoms with Gasteiger partial charge in [0.1, 0.15) is 6.23 Å². The molecule has 5 heteroatoms. The van der Waals surface area contributed by atoms with E-state index in [1.165, 1.54) is 6.20 Å². The summed E-state index contributed by atoms with van der Waals surface area (Å²) in [5.74, 6) is -0.238. The van der Waals surface area contributed by atoms with Crippen LogP contribution in [0.1, 0.15) is 16.9 Å². The van der Waals surface area contributed by atoms with Gasteiger partial charge in [-0.05, 0) is 12.1 Å². The molecule has 1 aromatic heterocycles. The zero-order valence-electron chi connectivity index (χ0n) is 6.93. The maximum absolute atomic E-state index is 11.4. The molecule has 1 fully saturated rings. The molecule has 1 atom stereocenters. The third-order valence-corrected chi connectivity index (χ3v) is 1.80. The lowest BCUT2D eigenvalue weighted by molar-refractivity contribution is -0.0647. The first-order valence-corrected chi connectivity index (χ1v) is 4.06. The average Bonchev–Trinajstić information content (AvgIpc) is 2.12. The number of hydrogen-bond acceptors (Lipinski definition) is 4. The number of rotatable bonds is 2. The first-order valence-electron chi connectivity index (χ1n) is 4.06. The Hall–Kier alpha value is -1.49. The molecule has 1 aliphatic rings. The molecular formula is C8H9N3O2. The molecule has 1 unspecified atom stereocenters. The summed E-state index contributed by atoms with van der Waals surface area (Å²) in [6, 6.07) is 3.28. The Labute approximate surface area is 75.1 Å². The quantitative estimate of drug-likeness (QED) is 0.691. The Balaban J connectivity index is 1.97. The number of carbonyl (C=O) groups is 1. The van der Waals surface area contributed by atoms with Crippen molar-refractivity contribution in [3.63, 3.8) is 0 Å². The first kappa shape index (κ1) is 8.12. The van der Waals surface area contributed by atoms with Crippen molar-refractivity contribution in [3.8, 4) is 0 Å². The summed E-state index contributed by atoms with van der Waals surface area (Å²) in [7, 11) is 0. The summed E-state index contributed by atoms with van der Waals surface area (Å²) < 4.78 is 5.04. The molecule has 0 aliphatic carbocycles. The highest BCUT2D eigenvalue weighted by molar-refractivity contribution is 5.92. The van der Waals surface area contributed by atoms with Crippen LogP contribution in [0.4, 0.5) is 0 Å². The van der Waals surface area contributed by atoms with Crippen LogP contribution >= 0.6 is 0 Å². The van der Waals surface area contributed by atoms with E-state index in [1.54, 1.807) is 12.1 Å². The van der Waals surface area contributed by atoms with E-state index in [0.29, 0.717) is 12.3 Å². The van der Waals surface area contributed by atoms with Gasteiger partial charge in [-0.3, -0.25) is 4.79 Å². The van der Waals surface area contributed by atoms with Crippen LogP contribution in [0.15, 0.2) is 18.3 Å². The number of nitrogens with zero attached hydrogens (tertiary/aromatic N) is 2. The van der Waals surface area contributed by atoms with Gasteiger partial charge in [-0.15, -0.1) is 5.10 Å². The molecule has 68 valence electrons. The molecular weight excluding hydrogens is 170 g/mol. The van der Waals surface area contributed by atoms with Crippen LogP contribution in [0.2, 0.25) is 0 Å². The molecule has 0 aromatic carbocycles. The molecule has 1 aromatic rings. The molecule has 0 bridgehead atoms. The Morgan fingerprint density at radius 2 is 2.54 bits per heavy atom. The van der Waals surface area contributed by atoms with Gasteiger partial charge in [0.2, 0.25) is 0 Å². The molecule has 2 heterocycles. The van der Waals surface area contributed by atoms with E-state index in [0.717, 1.165) is 6.42 Å². The van der Waals surface area contributed by atoms with Crippen molar-refractivity contribution in [2.24, 2.45) is 0 Å². The predicted octanol–water partition coefficient (Wildman–Crippen LogP) is -0.0472. The molecule has 0 spiro atoms. The van der Waals surface area contributed by atoms with Gasteiger partial charge in [0.15, 0.2) is 5.69 Å². The van der Waals surface area contributed by atoms with Gasteiger partial charge in [-0.1, -0.05) is 0 Å². The smallest absolute Gasteiger partial charge is 0.273 e. The highest BCUT2D eigenvalue weighted by atomic mass is 16.5. The van der Waals surface area contributed by atoms with Crippen molar-refractivity contribution in [1.82, 2.24) is 15.5 Å². The lowest BCUT2D eigenvalue weighted by Crippen LogP contribution is -2.44. The fourth-order valence-corrected chi connectivity index (χ4v) is 0.992. The molecule has 5 nitrogen and oxygen atoms in total. The zero-order chi connectivity index (χ0) is 9.10. The zero-order valence-corrected chi connectivity index (χ0v) is 6.93. The van der Waals surface area contributed by atoms with E-state index >= 15 is 0 Å². The lowest BCUT2D eigenvalue weighted by Gasteiger charge is -2.26. The van der Waals surface area contributed by atoms with Crippen LogP contribution in [0.5, 0.6) is 0 Å². The Morgan fingerprint density at radius 3 is 3.08 bits per heavy atom. The van der Waals surface area contributed by atoms with Gasteiger partial charge in [-0.25, -0.2) is 0 Å². The van der Waals surface area contributed by atoms with Gasteiger partial charge < -0.3 is 10.1 Å². The topological polar surface area (TPSA) is 64.1 Å². The second-order valence-corrected chi connectivity index (χ2v) is 2.73. The normalized spacial score (nSPS) is 20.5. The second kappa shape index (κ2) is 3.49. The Kier molecular flexibility index (Phi) is 2.18. The minimum atomic E-state index is -0.238. The van der Waals surface area contributed by atoms with Crippen molar-refractivity contribution in [2.75, 3.05) is 6.61 Å². The third kappa shape index (κ3) is 1.81. The first-order chi connectivity index (χ1) is 6.36. The van der Waals surface area contributed by atoms with Gasteiger partial charge >= 0.3 is 0 Å². The fraction of sp³-hybridized carbons (Fsp3) is 0.375. The van der Waals surface area contributed by atoms with Gasteiger partial charge in [0.25, 0.3) is 5.91 Å². The van der Waals surface area contributed by atoms with E-state index in [-0.39, 0.29) is 12.1 Å². The monoisotopic (exact) mass is 179 g/mol. The highest BCUT2D eigenvalue weighted by Gasteiger charge is 2.21. The summed E-state index contributed by atoms with van der Waals surface area (Å²) in [6.07, 6.45) is 2.25. The van der Waals surface area contributed by atoms with Crippen molar-refractivity contribution < 1.29 is 9.53 Å². The summed E-state index contributed by atoms with van der Waals surface area (Å²) in [6.45, 7) is 0.714. The van der Waals surface area contributed by atoms with Crippen LogP contribution in [-0.2, 0) is 4.74 Å². The number of hydrogen-bond donors (Lipinski definition) is 1. The number of amides is 1. The van der Waals surface area contributed by atoms with Crippen molar-refractivity contribution in [2.45, 2.75) is 12.6 Å². The van der Waals surface area contributed by atoms with Gasteiger partial charge in [0, 0.05) is 12.6 Å². The van der Waals surface area contributed by atoms with E-state index in [2.05, 4.69) is 15.5 Å². The number of carbonyl (C=O) groups excluding carboxylic acids is 1. The standard InChI is InChI=1S/C8H9N3O2/c12-8(10-7-3-5-13-7)6-2-1-4-9-11-6/h1-2,4,7H,3,5H2,(H,10,12). The lowest BCUT2D eigenvalue weighted by atomic mass is 10.3. The number of ether oxygens (including phenoxy) is 1. The maximum atomic E-state index is 11.4. The molecule has 0 radical (unpaired) electrons. The summed E-state index contributed by atoms with van der Waals surface area (Å²) >= 11 is 0. The van der Waals surface area contributed by atoms with Gasteiger partial charge in [-0.2, -0.15) is 5.10 Å². The largest absolute Gasteiger partial charge is 0.358 e. The summed E-state index contributed by atoms with van der Waals surface area (Å²) in [5.41, 5.74) is 0.318. The molecule has 2 rings (SSSR count). The number of aromatic nitrogens is 2. The Morgan fingerprint density at radius 1 is 1.69 bits per heavy atom. The molecule has 0 saturated carbocycles. The van der Waals surface area contributed by atoms with Crippen molar-refractivity contribution in [1.29, 1.82) is 0 Å². The van der Waals surface area contributed by atoms with E-state index in [9.17, 15) is 4.79 Å². The van der Waals surface area contributed by atoms with Crippen LogP contribution in [-0.4, -0.2) is 28.9 Å². The van der Waals surface area contributed by atoms with Crippen molar-refractivity contribution in [3.05, 3.63) is 24.0 Å². The molecule has 1 saturated heterocycles. The molecule has 1 amide bonds. The van der Waals surface area contributed by atoms with Crippen LogP contribution in [0.3, 0.4) is 0 Å². The van der Waals surface area contributed by atoms with Crippen LogP contribution in [0, 0.1) is 0 Å². The highest BCUT2D eigenvalue weighted by Crippen LogP contribution is 2.07. The minimum Gasteiger partial charge on any atom is -0.358 e. The Bertz CT molecular complexity index is 298. The third-order valence-electron chi connectivity index (χ3n) is 1.80. The van der Waals surface area contributed by atoms with Crippen LogP contribution in [0.25, 0.3) is 0 Å². The maximum Gasteiger partial charge on any atom is 0.273 e. The summed E-state index contributed by atoms with van der Waals surface area (Å²) in [5, 5.41) is 9.95. The average molecular weight is 179 g/mol. The van der Waals surface area contributed by atoms with Crippen LogP contribution < -0.4 is 5.32 Å². The fourth-order valence-electron chi connectivity index (χ4n) is 0.992. The minimum absolute atomic E-state index is 0.144. The number of nitrogens with one attached hydrogen (secondary N) is 1. The van der Waals surface area contributed by atoms with E-state index < -0.39 is 0 Å².